The molecule has 1 aliphatic rings. The predicted octanol–water partition coefficient (Wildman–Crippen LogP) is 1.11. The van der Waals surface area contributed by atoms with Gasteiger partial charge in [0.25, 0.3) is 0 Å². The summed E-state index contributed by atoms with van der Waals surface area (Å²) >= 11 is 0. The molecule has 1 atom stereocenters. The molecule has 1 aliphatic heterocycles. The highest BCUT2D eigenvalue weighted by atomic mass is 32.2. The first-order valence-corrected chi connectivity index (χ1v) is 10.9. The molecule has 2 aromatic rings. The average molecular weight is 423 g/mol. The molecule has 0 saturated carbocycles. The van der Waals surface area contributed by atoms with Gasteiger partial charge in [-0.25, -0.2) is 18.4 Å². The third-order valence-corrected chi connectivity index (χ3v) is 5.67. The summed E-state index contributed by atoms with van der Waals surface area (Å²) in [6, 6.07) is 9.51. The molecule has 3 rings (SSSR count). The maximum absolute atomic E-state index is 12.3. The number of amides is 2. The molecule has 0 aliphatic carbocycles. The van der Waals surface area contributed by atoms with Gasteiger partial charge in [0.05, 0.1) is 24.2 Å². The van der Waals surface area contributed by atoms with E-state index in [4.69, 9.17) is 14.3 Å². The zero-order chi connectivity index (χ0) is 20.9. The standard InChI is InChI=1S/C19H26N4O5S/c1-14-2-7-18(28-14)17(23-8-10-27-11-9-23)13-22-19(24)21-12-15-3-5-16(6-4-15)29(20,25)26/h2-7,17H,8-13H2,1H3,(H2,20,25,26)(H2,21,22,24). The van der Waals surface area contributed by atoms with Gasteiger partial charge in [-0.1, -0.05) is 12.1 Å². The van der Waals surface area contributed by atoms with Gasteiger partial charge in [0.2, 0.25) is 10.0 Å². The van der Waals surface area contributed by atoms with Crippen LogP contribution in [0.1, 0.15) is 23.1 Å². The lowest BCUT2D eigenvalue weighted by atomic mass is 10.1. The van der Waals surface area contributed by atoms with Gasteiger partial charge in [0, 0.05) is 26.2 Å². The molecular weight excluding hydrogens is 396 g/mol. The van der Waals surface area contributed by atoms with Crippen LogP contribution in [0.15, 0.2) is 45.7 Å². The number of furan rings is 1. The lowest BCUT2D eigenvalue weighted by Crippen LogP contribution is -2.45. The molecule has 4 N–H and O–H groups in total. The molecule has 0 spiro atoms. The number of benzene rings is 1. The van der Waals surface area contributed by atoms with Crippen molar-refractivity contribution < 1.29 is 22.4 Å². The van der Waals surface area contributed by atoms with E-state index in [9.17, 15) is 13.2 Å². The van der Waals surface area contributed by atoms with Crippen LogP contribution in [0.5, 0.6) is 0 Å². The lowest BCUT2D eigenvalue weighted by molar-refractivity contribution is 0.0121. The Labute approximate surface area is 170 Å². The highest BCUT2D eigenvalue weighted by Gasteiger charge is 2.25. The summed E-state index contributed by atoms with van der Waals surface area (Å²) in [6.07, 6.45) is 0. The molecule has 1 aromatic carbocycles. The molecule has 1 unspecified atom stereocenters. The van der Waals surface area contributed by atoms with E-state index in [0.29, 0.717) is 19.8 Å². The van der Waals surface area contributed by atoms with Gasteiger partial charge in [-0.2, -0.15) is 0 Å². The molecule has 2 amide bonds. The number of morpholine rings is 1. The van der Waals surface area contributed by atoms with Gasteiger partial charge in [-0.3, -0.25) is 4.90 Å². The lowest BCUT2D eigenvalue weighted by Gasteiger charge is -2.33. The van der Waals surface area contributed by atoms with E-state index in [1.165, 1.54) is 12.1 Å². The molecule has 1 saturated heterocycles. The zero-order valence-corrected chi connectivity index (χ0v) is 17.1. The second kappa shape index (κ2) is 9.40. The third-order valence-electron chi connectivity index (χ3n) is 4.74. The Bertz CT molecular complexity index is 920. The smallest absolute Gasteiger partial charge is 0.315 e. The van der Waals surface area contributed by atoms with Gasteiger partial charge >= 0.3 is 6.03 Å². The third kappa shape index (κ3) is 6.04. The molecule has 1 fully saturated rings. The Kier molecular flexibility index (Phi) is 6.91. The van der Waals surface area contributed by atoms with Crippen molar-refractivity contribution in [3.05, 3.63) is 53.5 Å². The van der Waals surface area contributed by atoms with Gasteiger partial charge in [-0.15, -0.1) is 0 Å². The first-order chi connectivity index (χ1) is 13.8. The topological polar surface area (TPSA) is 127 Å². The Balaban J connectivity index is 1.54. The summed E-state index contributed by atoms with van der Waals surface area (Å²) in [5.41, 5.74) is 0.763. The first kappa shape index (κ1) is 21.3. The van der Waals surface area contributed by atoms with Crippen molar-refractivity contribution in [1.29, 1.82) is 0 Å². The average Bonchev–Trinajstić information content (AvgIpc) is 3.13. The van der Waals surface area contributed by atoms with Crippen LogP contribution in [-0.4, -0.2) is 52.2 Å². The number of rotatable bonds is 7. The van der Waals surface area contributed by atoms with Crippen molar-refractivity contribution in [3.63, 3.8) is 0 Å². The largest absolute Gasteiger partial charge is 0.465 e. The number of primary sulfonamides is 1. The number of nitrogens with zero attached hydrogens (tertiary/aromatic N) is 1. The van der Waals surface area contributed by atoms with Crippen LogP contribution < -0.4 is 15.8 Å². The van der Waals surface area contributed by atoms with Crippen molar-refractivity contribution in [1.82, 2.24) is 15.5 Å². The normalized spacial score (nSPS) is 16.3. The van der Waals surface area contributed by atoms with Crippen molar-refractivity contribution >= 4 is 16.1 Å². The number of urea groups is 1. The quantitative estimate of drug-likeness (QED) is 0.613. The highest BCUT2D eigenvalue weighted by Crippen LogP contribution is 2.23. The van der Waals surface area contributed by atoms with Crippen LogP contribution in [0.4, 0.5) is 4.79 Å². The Morgan fingerprint density at radius 3 is 2.41 bits per heavy atom. The van der Waals surface area contributed by atoms with Crippen LogP contribution in [-0.2, 0) is 21.3 Å². The number of ether oxygens (including phenoxy) is 1. The molecule has 10 heteroatoms. The number of nitrogens with one attached hydrogen (secondary N) is 2. The molecule has 158 valence electrons. The van der Waals surface area contributed by atoms with E-state index in [0.717, 1.165) is 30.2 Å². The summed E-state index contributed by atoms with van der Waals surface area (Å²) < 4.78 is 33.8. The fourth-order valence-electron chi connectivity index (χ4n) is 3.16. The second-order valence-electron chi connectivity index (χ2n) is 6.87. The minimum absolute atomic E-state index is 0.0350. The Morgan fingerprint density at radius 2 is 1.83 bits per heavy atom. The number of aryl methyl sites for hydroxylation is 1. The molecule has 0 bridgehead atoms. The molecule has 9 nitrogen and oxygen atoms in total. The summed E-state index contributed by atoms with van der Waals surface area (Å²) in [7, 11) is -3.73. The van der Waals surface area contributed by atoms with Gasteiger partial charge in [0.15, 0.2) is 0 Å². The maximum atomic E-state index is 12.3. The Hall–Kier alpha value is -2.40. The van der Waals surface area contributed by atoms with E-state index in [1.54, 1.807) is 12.1 Å². The number of sulfonamides is 1. The monoisotopic (exact) mass is 422 g/mol. The zero-order valence-electron chi connectivity index (χ0n) is 16.3. The summed E-state index contributed by atoms with van der Waals surface area (Å²) in [5, 5.41) is 10.7. The SMILES string of the molecule is Cc1ccc(C(CNC(=O)NCc2ccc(S(N)(=O)=O)cc2)N2CCOCC2)o1. The predicted molar refractivity (Wildman–Crippen MR) is 107 cm³/mol. The summed E-state index contributed by atoms with van der Waals surface area (Å²) in [5.74, 6) is 1.63. The van der Waals surface area contributed by atoms with Crippen molar-refractivity contribution in [3.8, 4) is 0 Å². The van der Waals surface area contributed by atoms with E-state index in [-0.39, 0.29) is 23.5 Å². The van der Waals surface area contributed by atoms with Crippen molar-refractivity contribution in [2.24, 2.45) is 5.14 Å². The van der Waals surface area contributed by atoms with Crippen LogP contribution in [0.2, 0.25) is 0 Å². The summed E-state index contributed by atoms with van der Waals surface area (Å²) in [6.45, 7) is 5.38. The fraction of sp³-hybridized carbons (Fsp3) is 0.421. The molecule has 2 heterocycles. The molecule has 29 heavy (non-hydrogen) atoms. The number of nitrogens with two attached hydrogens (primary N) is 1. The van der Waals surface area contributed by atoms with Gasteiger partial charge in [0.1, 0.15) is 11.5 Å². The van der Waals surface area contributed by atoms with Crippen LogP contribution in [0, 0.1) is 6.92 Å². The van der Waals surface area contributed by atoms with Crippen molar-refractivity contribution in [2.75, 3.05) is 32.8 Å². The van der Waals surface area contributed by atoms with Gasteiger partial charge < -0.3 is 19.8 Å². The summed E-state index contributed by atoms with van der Waals surface area (Å²) in [4.78, 5) is 14.5. The van der Waals surface area contributed by atoms with Gasteiger partial charge in [-0.05, 0) is 36.8 Å². The van der Waals surface area contributed by atoms with Crippen molar-refractivity contribution in [2.45, 2.75) is 24.4 Å². The van der Waals surface area contributed by atoms with Crippen LogP contribution in [0.25, 0.3) is 0 Å². The van der Waals surface area contributed by atoms with E-state index in [1.807, 2.05) is 19.1 Å². The fourth-order valence-corrected chi connectivity index (χ4v) is 3.68. The highest BCUT2D eigenvalue weighted by molar-refractivity contribution is 7.89. The van der Waals surface area contributed by atoms with E-state index < -0.39 is 10.0 Å². The Morgan fingerprint density at radius 1 is 1.14 bits per heavy atom. The number of carbonyl (C=O) groups is 1. The van der Waals surface area contributed by atoms with E-state index in [2.05, 4.69) is 15.5 Å². The maximum Gasteiger partial charge on any atom is 0.315 e. The first-order valence-electron chi connectivity index (χ1n) is 9.34. The molecule has 1 aromatic heterocycles. The number of carbonyl (C=O) groups excluding carboxylic acids is 1. The number of hydrogen-bond donors (Lipinski definition) is 3. The second-order valence-corrected chi connectivity index (χ2v) is 8.43. The van der Waals surface area contributed by atoms with E-state index >= 15 is 0 Å². The number of hydrogen-bond acceptors (Lipinski definition) is 6. The molecular formula is C19H26N4O5S. The van der Waals surface area contributed by atoms with Crippen LogP contribution >= 0.6 is 0 Å². The minimum Gasteiger partial charge on any atom is -0.465 e. The molecule has 0 radical (unpaired) electrons. The minimum atomic E-state index is -3.73. The van der Waals surface area contributed by atoms with Crippen LogP contribution in [0.3, 0.4) is 0 Å².